The van der Waals surface area contributed by atoms with Crippen LogP contribution >= 0.6 is 23.1 Å². The van der Waals surface area contributed by atoms with Crippen LogP contribution in [-0.2, 0) is 15.3 Å². The van der Waals surface area contributed by atoms with Crippen LogP contribution in [0.15, 0.2) is 60.7 Å². The van der Waals surface area contributed by atoms with Crippen molar-refractivity contribution in [2.75, 3.05) is 52.3 Å². The molecule has 10 heteroatoms. The van der Waals surface area contributed by atoms with Crippen molar-refractivity contribution < 1.29 is 23.7 Å². The maximum atomic E-state index is 12.7. The fourth-order valence-corrected chi connectivity index (χ4v) is 5.47. The van der Waals surface area contributed by atoms with E-state index in [4.69, 9.17) is 23.9 Å². The van der Waals surface area contributed by atoms with Gasteiger partial charge in [0.1, 0.15) is 22.3 Å². The lowest BCUT2D eigenvalue weighted by Gasteiger charge is -2.13. The molecular weight excluding hydrogens is 522 g/mol. The summed E-state index contributed by atoms with van der Waals surface area (Å²) in [5.74, 6) is 3.81. The van der Waals surface area contributed by atoms with Gasteiger partial charge in [0.25, 0.3) is 0 Å². The van der Waals surface area contributed by atoms with Crippen LogP contribution in [0.4, 0.5) is 5.69 Å². The van der Waals surface area contributed by atoms with E-state index in [1.165, 1.54) is 5.56 Å². The Kier molecular flexibility index (Phi) is 10.2. The number of anilines is 1. The van der Waals surface area contributed by atoms with Gasteiger partial charge in [-0.05, 0) is 54.1 Å². The largest absolute Gasteiger partial charge is 0.497 e. The molecule has 0 atom stereocenters. The first kappa shape index (κ1) is 27.7. The van der Waals surface area contributed by atoms with E-state index < -0.39 is 0 Å². The normalized spacial score (nSPS) is 10.9. The molecule has 3 aromatic carbocycles. The number of nitrogens with zero attached hydrogens (tertiary/aromatic N) is 1. The van der Waals surface area contributed by atoms with Crippen LogP contribution in [0.2, 0.25) is 0 Å². The summed E-state index contributed by atoms with van der Waals surface area (Å²) >= 11 is 3.37. The van der Waals surface area contributed by atoms with Crippen molar-refractivity contribution >= 4 is 44.9 Å². The lowest BCUT2D eigenvalue weighted by molar-refractivity contribution is -0.115. The molecule has 0 aliphatic heterocycles. The van der Waals surface area contributed by atoms with Crippen LogP contribution in [0.25, 0.3) is 20.8 Å². The zero-order valence-corrected chi connectivity index (χ0v) is 23.2. The van der Waals surface area contributed by atoms with E-state index >= 15 is 0 Å². The second kappa shape index (κ2) is 14.0. The van der Waals surface area contributed by atoms with Crippen molar-refractivity contribution in [1.29, 1.82) is 0 Å². The molecule has 1 heterocycles. The van der Waals surface area contributed by atoms with E-state index in [0.29, 0.717) is 11.4 Å². The number of thioether (sulfide) groups is 1. The number of benzene rings is 3. The van der Waals surface area contributed by atoms with Gasteiger partial charge >= 0.3 is 0 Å². The second-order valence-corrected chi connectivity index (χ2v) is 10.4. The third-order valence-corrected chi connectivity index (χ3v) is 7.66. The molecule has 0 radical (unpaired) electrons. The summed E-state index contributed by atoms with van der Waals surface area (Å²) < 4.78 is 22.3. The summed E-state index contributed by atoms with van der Waals surface area (Å²) in [6.07, 6.45) is 0. The third kappa shape index (κ3) is 7.61. The lowest BCUT2D eigenvalue weighted by atomic mass is 10.2. The highest BCUT2D eigenvalue weighted by Crippen LogP contribution is 2.36. The molecule has 0 saturated heterocycles. The molecule has 0 bridgehead atoms. The Morgan fingerprint density at radius 3 is 2.53 bits per heavy atom. The van der Waals surface area contributed by atoms with E-state index in [1.807, 2.05) is 60.3 Å². The number of carbonyl (C=O) groups is 1. The van der Waals surface area contributed by atoms with Crippen molar-refractivity contribution in [1.82, 2.24) is 10.3 Å². The highest BCUT2D eigenvalue weighted by molar-refractivity contribution is 7.98. The molecule has 0 aliphatic rings. The standard InChI is InChI=1S/C28H31N3O5S2/c1-33-18-36-25-11-6-20(28-31-23-10-9-22(35-3)15-26(23)38-28)14-24(25)30-27(32)16-29-12-13-37-17-19-4-7-21(34-2)8-5-19/h4-11,14-15,29H,12-13,16-18H2,1-3H3,(H,30,32). The van der Waals surface area contributed by atoms with E-state index in [-0.39, 0.29) is 19.2 Å². The molecular formula is C28H31N3O5S2. The number of carbonyl (C=O) groups excluding carboxylic acids is 1. The molecule has 4 aromatic rings. The van der Waals surface area contributed by atoms with Gasteiger partial charge in [0.05, 0.1) is 36.7 Å². The Bertz CT molecular complexity index is 1340. The van der Waals surface area contributed by atoms with E-state index in [0.717, 1.165) is 50.3 Å². The number of thiazole rings is 1. The van der Waals surface area contributed by atoms with Gasteiger partial charge in [0.15, 0.2) is 6.79 Å². The first-order valence-corrected chi connectivity index (χ1v) is 14.0. The highest BCUT2D eigenvalue weighted by atomic mass is 32.2. The Balaban J connectivity index is 1.33. The van der Waals surface area contributed by atoms with Crippen molar-refractivity contribution in [3.8, 4) is 27.8 Å². The Morgan fingerprint density at radius 2 is 1.76 bits per heavy atom. The molecule has 2 N–H and O–H groups in total. The molecule has 200 valence electrons. The van der Waals surface area contributed by atoms with Crippen molar-refractivity contribution in [2.24, 2.45) is 0 Å². The minimum absolute atomic E-state index is 0.0762. The number of nitrogens with one attached hydrogen (secondary N) is 2. The fourth-order valence-electron chi connectivity index (χ4n) is 3.62. The molecule has 0 saturated carbocycles. The topological polar surface area (TPSA) is 90.9 Å². The van der Waals surface area contributed by atoms with Crippen LogP contribution in [0.3, 0.4) is 0 Å². The van der Waals surface area contributed by atoms with Crippen molar-refractivity contribution in [3.05, 3.63) is 66.2 Å². The summed E-state index contributed by atoms with van der Waals surface area (Å²) in [4.78, 5) is 17.4. The predicted octanol–water partition coefficient (Wildman–Crippen LogP) is 5.42. The van der Waals surface area contributed by atoms with Crippen molar-refractivity contribution in [2.45, 2.75) is 5.75 Å². The van der Waals surface area contributed by atoms with Crippen molar-refractivity contribution in [3.63, 3.8) is 0 Å². The molecule has 0 unspecified atom stereocenters. The van der Waals surface area contributed by atoms with Crippen LogP contribution in [-0.4, -0.2) is 57.9 Å². The number of methoxy groups -OCH3 is 3. The van der Waals surface area contributed by atoms with Crippen LogP contribution < -0.4 is 24.8 Å². The van der Waals surface area contributed by atoms with E-state index in [2.05, 4.69) is 22.8 Å². The molecule has 0 fully saturated rings. The number of hydrogen-bond acceptors (Lipinski definition) is 9. The third-order valence-electron chi connectivity index (χ3n) is 5.57. The highest BCUT2D eigenvalue weighted by Gasteiger charge is 2.13. The first-order chi connectivity index (χ1) is 18.6. The zero-order chi connectivity index (χ0) is 26.7. The van der Waals surface area contributed by atoms with Gasteiger partial charge in [-0.1, -0.05) is 12.1 Å². The zero-order valence-electron chi connectivity index (χ0n) is 21.6. The summed E-state index contributed by atoms with van der Waals surface area (Å²) in [6, 6.07) is 19.5. The second-order valence-electron chi connectivity index (χ2n) is 8.24. The van der Waals surface area contributed by atoms with Crippen LogP contribution in [0.5, 0.6) is 17.2 Å². The Labute approximate surface area is 230 Å². The molecule has 38 heavy (non-hydrogen) atoms. The maximum absolute atomic E-state index is 12.7. The van der Waals surface area contributed by atoms with Gasteiger partial charge in [-0.2, -0.15) is 11.8 Å². The molecule has 0 aliphatic carbocycles. The molecule has 1 amide bonds. The number of hydrogen-bond donors (Lipinski definition) is 2. The minimum Gasteiger partial charge on any atom is -0.497 e. The quantitative estimate of drug-likeness (QED) is 0.158. The van der Waals surface area contributed by atoms with Gasteiger partial charge < -0.3 is 29.6 Å². The van der Waals surface area contributed by atoms with Gasteiger partial charge in [-0.3, -0.25) is 4.79 Å². The molecule has 0 spiro atoms. The first-order valence-electron chi connectivity index (χ1n) is 12.0. The average molecular weight is 554 g/mol. The number of amides is 1. The fraction of sp³-hybridized carbons (Fsp3) is 0.286. The number of fused-ring (bicyclic) bond motifs is 1. The van der Waals surface area contributed by atoms with E-state index in [1.54, 1.807) is 32.7 Å². The van der Waals surface area contributed by atoms with Gasteiger partial charge in [0.2, 0.25) is 5.91 Å². The number of rotatable bonds is 14. The van der Waals surface area contributed by atoms with Gasteiger partial charge in [-0.15, -0.1) is 11.3 Å². The van der Waals surface area contributed by atoms with Crippen LogP contribution in [0.1, 0.15) is 5.56 Å². The smallest absolute Gasteiger partial charge is 0.238 e. The predicted molar refractivity (Wildman–Crippen MR) is 155 cm³/mol. The van der Waals surface area contributed by atoms with Gasteiger partial charge in [-0.25, -0.2) is 4.98 Å². The maximum Gasteiger partial charge on any atom is 0.238 e. The molecule has 1 aromatic heterocycles. The minimum atomic E-state index is -0.154. The average Bonchev–Trinajstić information content (AvgIpc) is 3.38. The molecule has 8 nitrogen and oxygen atoms in total. The Morgan fingerprint density at radius 1 is 0.974 bits per heavy atom. The lowest BCUT2D eigenvalue weighted by Crippen LogP contribution is -2.29. The van der Waals surface area contributed by atoms with E-state index in [9.17, 15) is 4.79 Å². The number of ether oxygens (including phenoxy) is 4. The number of aromatic nitrogens is 1. The van der Waals surface area contributed by atoms with Crippen LogP contribution in [0, 0.1) is 0 Å². The monoisotopic (exact) mass is 553 g/mol. The SMILES string of the molecule is COCOc1ccc(-c2nc3ccc(OC)cc3s2)cc1NC(=O)CNCCSCc1ccc(OC)cc1. The summed E-state index contributed by atoms with van der Waals surface area (Å²) in [6.45, 7) is 0.987. The summed E-state index contributed by atoms with van der Waals surface area (Å²) in [5, 5.41) is 7.01. The molecule has 4 rings (SSSR count). The Hall–Kier alpha value is -3.31. The summed E-state index contributed by atoms with van der Waals surface area (Å²) in [7, 11) is 4.86. The van der Waals surface area contributed by atoms with Gasteiger partial charge in [0, 0.05) is 30.7 Å². The summed E-state index contributed by atoms with van der Waals surface area (Å²) in [5.41, 5.74) is 3.58.